The third-order valence-corrected chi connectivity index (χ3v) is 4.08. The Morgan fingerprint density at radius 2 is 2.11 bits per heavy atom. The topological polar surface area (TPSA) is 83.5 Å². The molecule has 0 aliphatic rings. The highest BCUT2D eigenvalue weighted by molar-refractivity contribution is 7.89. The van der Waals surface area contributed by atoms with Gasteiger partial charge < -0.3 is 5.11 Å². The van der Waals surface area contributed by atoms with Crippen LogP contribution in [0.15, 0.2) is 29.2 Å². The molecular formula is C12H17NO4S. The number of carbonyl (C=O) groups is 1. The second kappa shape index (κ2) is 5.97. The van der Waals surface area contributed by atoms with E-state index in [1.54, 1.807) is 32.0 Å². The van der Waals surface area contributed by atoms with Gasteiger partial charge in [0.2, 0.25) is 10.0 Å². The lowest BCUT2D eigenvalue weighted by atomic mass is 10.1. The molecule has 0 fully saturated rings. The molecular weight excluding hydrogens is 254 g/mol. The number of aryl methyl sites for hydroxylation is 1. The maximum Gasteiger partial charge on any atom is 0.307 e. The minimum atomic E-state index is -3.63. The first-order valence-electron chi connectivity index (χ1n) is 5.66. The van der Waals surface area contributed by atoms with Gasteiger partial charge in [-0.05, 0) is 31.0 Å². The van der Waals surface area contributed by atoms with Gasteiger partial charge in [0.05, 0.1) is 10.8 Å². The second-order valence-electron chi connectivity index (χ2n) is 4.11. The van der Waals surface area contributed by atoms with Crippen molar-refractivity contribution in [2.75, 3.05) is 6.54 Å². The van der Waals surface area contributed by atoms with Crippen LogP contribution in [0.4, 0.5) is 0 Å². The molecule has 18 heavy (non-hydrogen) atoms. The van der Waals surface area contributed by atoms with Crippen LogP contribution in [0.3, 0.4) is 0 Å². The Morgan fingerprint density at radius 3 is 2.61 bits per heavy atom. The van der Waals surface area contributed by atoms with Gasteiger partial charge in [-0.25, -0.2) is 13.1 Å². The molecule has 0 aliphatic heterocycles. The van der Waals surface area contributed by atoms with E-state index in [9.17, 15) is 13.2 Å². The lowest BCUT2D eigenvalue weighted by molar-refractivity contribution is -0.141. The minimum Gasteiger partial charge on any atom is -0.481 e. The molecule has 0 saturated carbocycles. The third-order valence-electron chi connectivity index (χ3n) is 2.66. The average molecular weight is 271 g/mol. The van der Waals surface area contributed by atoms with Crippen LogP contribution in [-0.2, 0) is 14.8 Å². The molecule has 5 nitrogen and oxygen atoms in total. The van der Waals surface area contributed by atoms with E-state index in [-0.39, 0.29) is 11.4 Å². The van der Waals surface area contributed by atoms with Gasteiger partial charge in [-0.1, -0.05) is 19.1 Å². The smallest absolute Gasteiger partial charge is 0.307 e. The first kappa shape index (κ1) is 14.7. The number of hydrogen-bond donors (Lipinski definition) is 2. The molecule has 0 saturated heterocycles. The van der Waals surface area contributed by atoms with Crippen LogP contribution in [0.5, 0.6) is 0 Å². The summed E-state index contributed by atoms with van der Waals surface area (Å²) in [5, 5.41) is 8.85. The van der Waals surface area contributed by atoms with E-state index in [2.05, 4.69) is 4.72 Å². The van der Waals surface area contributed by atoms with Gasteiger partial charge in [-0.15, -0.1) is 0 Å². The number of carboxylic acids is 1. The SMILES string of the molecule is CCC(CNS(=O)(=O)c1cccc(C)c1)C(=O)O. The maximum absolute atomic E-state index is 11.9. The Bertz CT molecular complexity index is 525. The van der Waals surface area contributed by atoms with Crippen LogP contribution in [0.25, 0.3) is 0 Å². The number of sulfonamides is 1. The van der Waals surface area contributed by atoms with E-state index >= 15 is 0 Å². The third kappa shape index (κ3) is 3.82. The molecule has 0 spiro atoms. The van der Waals surface area contributed by atoms with Gasteiger partial charge in [0, 0.05) is 6.54 Å². The lowest BCUT2D eigenvalue weighted by Crippen LogP contribution is -2.32. The van der Waals surface area contributed by atoms with Crippen molar-refractivity contribution in [1.29, 1.82) is 0 Å². The van der Waals surface area contributed by atoms with Crippen LogP contribution in [0.1, 0.15) is 18.9 Å². The van der Waals surface area contributed by atoms with Gasteiger partial charge in [0.15, 0.2) is 0 Å². The highest BCUT2D eigenvalue weighted by atomic mass is 32.2. The number of benzene rings is 1. The molecule has 1 aromatic carbocycles. The van der Waals surface area contributed by atoms with Crippen LogP contribution >= 0.6 is 0 Å². The number of aliphatic carboxylic acids is 1. The van der Waals surface area contributed by atoms with Gasteiger partial charge in [-0.2, -0.15) is 0 Å². The zero-order valence-electron chi connectivity index (χ0n) is 10.4. The van der Waals surface area contributed by atoms with Crippen molar-refractivity contribution in [3.63, 3.8) is 0 Å². The largest absolute Gasteiger partial charge is 0.481 e. The lowest BCUT2D eigenvalue weighted by Gasteiger charge is -2.11. The highest BCUT2D eigenvalue weighted by Crippen LogP contribution is 2.11. The summed E-state index contributed by atoms with van der Waals surface area (Å²) in [4.78, 5) is 11.0. The minimum absolute atomic E-state index is 0.0951. The van der Waals surface area contributed by atoms with Crippen molar-refractivity contribution >= 4 is 16.0 Å². The summed E-state index contributed by atoms with van der Waals surface area (Å²) in [5.41, 5.74) is 0.836. The van der Waals surface area contributed by atoms with Crippen molar-refractivity contribution in [3.8, 4) is 0 Å². The van der Waals surface area contributed by atoms with Gasteiger partial charge in [-0.3, -0.25) is 4.79 Å². The fraction of sp³-hybridized carbons (Fsp3) is 0.417. The molecule has 0 aliphatic carbocycles. The summed E-state index contributed by atoms with van der Waals surface area (Å²) in [5.74, 6) is -1.70. The van der Waals surface area contributed by atoms with Gasteiger partial charge >= 0.3 is 5.97 Å². The first-order chi connectivity index (χ1) is 8.36. The average Bonchev–Trinajstić information content (AvgIpc) is 2.29. The van der Waals surface area contributed by atoms with Crippen molar-refractivity contribution < 1.29 is 18.3 Å². The predicted octanol–water partition coefficient (Wildman–Crippen LogP) is 1.38. The van der Waals surface area contributed by atoms with E-state index < -0.39 is 21.9 Å². The first-order valence-corrected chi connectivity index (χ1v) is 7.14. The zero-order valence-corrected chi connectivity index (χ0v) is 11.2. The van der Waals surface area contributed by atoms with E-state index in [1.807, 2.05) is 0 Å². The van der Waals surface area contributed by atoms with E-state index in [0.717, 1.165) is 5.56 Å². The predicted molar refractivity (Wildman–Crippen MR) is 67.8 cm³/mol. The fourth-order valence-corrected chi connectivity index (χ4v) is 2.67. The molecule has 0 radical (unpaired) electrons. The number of carboxylic acid groups (broad SMARTS) is 1. The number of hydrogen-bond acceptors (Lipinski definition) is 3. The van der Waals surface area contributed by atoms with Gasteiger partial charge in [0.25, 0.3) is 0 Å². The van der Waals surface area contributed by atoms with Gasteiger partial charge in [0.1, 0.15) is 0 Å². The second-order valence-corrected chi connectivity index (χ2v) is 5.88. The fourth-order valence-electron chi connectivity index (χ4n) is 1.48. The van der Waals surface area contributed by atoms with Crippen molar-refractivity contribution in [2.45, 2.75) is 25.2 Å². The van der Waals surface area contributed by atoms with Crippen LogP contribution in [0.2, 0.25) is 0 Å². The standard InChI is InChI=1S/C12H17NO4S/c1-3-10(12(14)15)8-13-18(16,17)11-6-4-5-9(2)7-11/h4-7,10,13H,3,8H2,1-2H3,(H,14,15). The molecule has 0 heterocycles. The zero-order chi connectivity index (χ0) is 13.8. The van der Waals surface area contributed by atoms with Crippen LogP contribution < -0.4 is 4.72 Å². The number of nitrogens with one attached hydrogen (secondary N) is 1. The normalized spacial score (nSPS) is 13.2. The Hall–Kier alpha value is -1.40. The highest BCUT2D eigenvalue weighted by Gasteiger charge is 2.20. The molecule has 1 aromatic rings. The van der Waals surface area contributed by atoms with Crippen LogP contribution in [-0.4, -0.2) is 26.0 Å². The number of rotatable bonds is 6. The molecule has 1 atom stereocenters. The quantitative estimate of drug-likeness (QED) is 0.819. The van der Waals surface area contributed by atoms with E-state index in [1.165, 1.54) is 6.07 Å². The summed E-state index contributed by atoms with van der Waals surface area (Å²) in [7, 11) is -3.63. The van der Waals surface area contributed by atoms with Crippen molar-refractivity contribution in [2.24, 2.45) is 5.92 Å². The summed E-state index contributed by atoms with van der Waals surface area (Å²) < 4.78 is 26.2. The Morgan fingerprint density at radius 1 is 1.44 bits per heavy atom. The maximum atomic E-state index is 11.9. The molecule has 1 unspecified atom stereocenters. The van der Waals surface area contributed by atoms with E-state index in [4.69, 9.17) is 5.11 Å². The molecule has 100 valence electrons. The Labute approximate surface area is 107 Å². The van der Waals surface area contributed by atoms with E-state index in [0.29, 0.717) is 6.42 Å². The molecule has 0 bridgehead atoms. The monoisotopic (exact) mass is 271 g/mol. The van der Waals surface area contributed by atoms with Crippen LogP contribution in [0, 0.1) is 12.8 Å². The summed E-state index contributed by atoms with van der Waals surface area (Å²) in [6, 6.07) is 6.48. The van der Waals surface area contributed by atoms with Crippen molar-refractivity contribution in [1.82, 2.24) is 4.72 Å². The summed E-state index contributed by atoms with van der Waals surface area (Å²) >= 11 is 0. The molecule has 0 aromatic heterocycles. The molecule has 2 N–H and O–H groups in total. The molecule has 6 heteroatoms. The molecule has 1 rings (SSSR count). The Balaban J connectivity index is 2.80. The van der Waals surface area contributed by atoms with Crippen molar-refractivity contribution in [3.05, 3.63) is 29.8 Å². The summed E-state index contributed by atoms with van der Waals surface area (Å²) in [6.07, 6.45) is 0.381. The molecule has 0 amide bonds. The Kier molecular flexibility index (Phi) is 4.86. The summed E-state index contributed by atoms with van der Waals surface area (Å²) in [6.45, 7) is 3.41.